The third-order valence-electron chi connectivity index (χ3n) is 3.30. The van der Waals surface area contributed by atoms with Crippen molar-refractivity contribution >= 4 is 5.97 Å². The zero-order chi connectivity index (χ0) is 13.3. The van der Waals surface area contributed by atoms with Gasteiger partial charge in [0.25, 0.3) is 0 Å². The number of benzene rings is 1. The van der Waals surface area contributed by atoms with Gasteiger partial charge in [-0.25, -0.2) is 0 Å². The fourth-order valence-electron chi connectivity index (χ4n) is 2.22. The average Bonchev–Trinajstić information content (AvgIpc) is 3.05. The highest BCUT2D eigenvalue weighted by Crippen LogP contribution is 2.54. The van der Waals surface area contributed by atoms with Gasteiger partial charge in [-0.3, -0.25) is 4.79 Å². The minimum absolute atomic E-state index is 0.0181. The summed E-state index contributed by atoms with van der Waals surface area (Å²) < 4.78 is 28.1. The predicted molar refractivity (Wildman–Crippen MR) is 57.6 cm³/mol. The van der Waals surface area contributed by atoms with E-state index in [4.69, 9.17) is 5.11 Å². The zero-order valence-corrected chi connectivity index (χ0v) is 9.35. The Hall–Kier alpha value is -1.69. The largest absolute Gasteiger partial charge is 0.481 e. The second-order valence-corrected chi connectivity index (χ2v) is 4.26. The lowest BCUT2D eigenvalue weighted by molar-refractivity contribution is -0.140. The number of aliphatic hydroxyl groups excluding tert-OH is 1. The summed E-state index contributed by atoms with van der Waals surface area (Å²) >= 11 is 0. The summed E-state index contributed by atoms with van der Waals surface area (Å²) in [5.74, 6) is -1.35. The Kier molecular flexibility index (Phi) is 3.21. The molecule has 1 saturated carbocycles. The molecule has 1 aromatic rings. The Balaban J connectivity index is 2.21. The van der Waals surface area contributed by atoms with Crippen LogP contribution in [0.4, 0.5) is 8.78 Å². The highest BCUT2D eigenvalue weighted by molar-refractivity contribution is 5.86. The fraction of sp³-hybridized carbons (Fsp3) is 0.417. The monoisotopic (exact) mass is 258 g/mol. The Morgan fingerprint density at radius 3 is 2.44 bits per heavy atom. The molecular formula is C12H12F2O4. The molecule has 0 aliphatic heterocycles. The van der Waals surface area contributed by atoms with Gasteiger partial charge in [0.15, 0.2) is 0 Å². The van der Waals surface area contributed by atoms with Gasteiger partial charge in [0.2, 0.25) is 0 Å². The normalized spacial score (nSPS) is 26.1. The van der Waals surface area contributed by atoms with Crippen molar-refractivity contribution in [2.24, 2.45) is 5.92 Å². The van der Waals surface area contributed by atoms with Gasteiger partial charge in [-0.1, -0.05) is 12.1 Å². The van der Waals surface area contributed by atoms with Crippen LogP contribution in [-0.2, 0) is 10.2 Å². The lowest BCUT2D eigenvalue weighted by Gasteiger charge is -2.13. The van der Waals surface area contributed by atoms with Gasteiger partial charge >= 0.3 is 12.6 Å². The maximum absolute atomic E-state index is 12.0. The van der Waals surface area contributed by atoms with Crippen molar-refractivity contribution in [3.05, 3.63) is 29.8 Å². The summed E-state index contributed by atoms with van der Waals surface area (Å²) in [7, 11) is 0. The number of aliphatic carboxylic acids is 1. The molecule has 0 aromatic heterocycles. The van der Waals surface area contributed by atoms with Gasteiger partial charge in [0, 0.05) is 12.5 Å². The SMILES string of the molecule is O=C(O)C1(c2ccc(OC(F)F)cc2)CC1CO. The highest BCUT2D eigenvalue weighted by Gasteiger charge is 2.61. The summed E-state index contributed by atoms with van der Waals surface area (Å²) in [5, 5.41) is 18.2. The fourth-order valence-corrected chi connectivity index (χ4v) is 2.22. The molecule has 1 fully saturated rings. The lowest BCUT2D eigenvalue weighted by atomic mass is 9.93. The summed E-state index contributed by atoms with van der Waals surface area (Å²) in [5.41, 5.74) is -0.589. The Morgan fingerprint density at radius 2 is 2.06 bits per heavy atom. The Morgan fingerprint density at radius 1 is 1.44 bits per heavy atom. The molecule has 4 nitrogen and oxygen atoms in total. The molecule has 0 spiro atoms. The van der Waals surface area contributed by atoms with E-state index in [0.717, 1.165) is 0 Å². The van der Waals surface area contributed by atoms with Crippen molar-refractivity contribution in [1.82, 2.24) is 0 Å². The van der Waals surface area contributed by atoms with E-state index in [2.05, 4.69) is 4.74 Å². The molecule has 2 atom stereocenters. The molecule has 2 unspecified atom stereocenters. The van der Waals surface area contributed by atoms with Crippen molar-refractivity contribution in [3.8, 4) is 5.75 Å². The molecule has 1 aliphatic carbocycles. The summed E-state index contributed by atoms with van der Waals surface area (Å²) in [6.07, 6.45) is 0.355. The van der Waals surface area contributed by atoms with Crippen molar-refractivity contribution in [2.75, 3.05) is 6.61 Å². The van der Waals surface area contributed by atoms with Crippen LogP contribution in [0.3, 0.4) is 0 Å². The highest BCUT2D eigenvalue weighted by atomic mass is 19.3. The van der Waals surface area contributed by atoms with E-state index in [1.165, 1.54) is 24.3 Å². The van der Waals surface area contributed by atoms with Crippen molar-refractivity contribution in [3.63, 3.8) is 0 Å². The minimum Gasteiger partial charge on any atom is -0.481 e. The van der Waals surface area contributed by atoms with E-state index in [1.54, 1.807) is 0 Å². The zero-order valence-electron chi connectivity index (χ0n) is 9.35. The number of carboxylic acid groups (broad SMARTS) is 1. The third kappa shape index (κ3) is 2.03. The second kappa shape index (κ2) is 4.53. The molecule has 1 aromatic carbocycles. The maximum Gasteiger partial charge on any atom is 0.387 e. The summed E-state index contributed by atoms with van der Waals surface area (Å²) in [4.78, 5) is 11.3. The van der Waals surface area contributed by atoms with Crippen molar-refractivity contribution in [2.45, 2.75) is 18.4 Å². The molecule has 0 saturated heterocycles. The van der Waals surface area contributed by atoms with Gasteiger partial charge in [-0.05, 0) is 24.1 Å². The molecule has 6 heteroatoms. The molecule has 0 bridgehead atoms. The van der Waals surface area contributed by atoms with Gasteiger partial charge < -0.3 is 14.9 Å². The molecule has 0 amide bonds. The molecule has 0 heterocycles. The molecule has 98 valence electrons. The number of aliphatic hydroxyl groups is 1. The molecular weight excluding hydrogens is 246 g/mol. The number of carboxylic acids is 1. The van der Waals surface area contributed by atoms with Gasteiger partial charge in [-0.15, -0.1) is 0 Å². The van der Waals surface area contributed by atoms with Gasteiger partial charge in [-0.2, -0.15) is 8.78 Å². The van der Waals surface area contributed by atoms with Crippen LogP contribution in [0, 0.1) is 5.92 Å². The van der Waals surface area contributed by atoms with E-state index < -0.39 is 18.0 Å². The van der Waals surface area contributed by atoms with Crippen LogP contribution in [0.1, 0.15) is 12.0 Å². The number of hydrogen-bond donors (Lipinski definition) is 2. The molecule has 1 aliphatic rings. The van der Waals surface area contributed by atoms with Crippen LogP contribution in [0.25, 0.3) is 0 Å². The number of alkyl halides is 2. The number of rotatable bonds is 5. The van der Waals surface area contributed by atoms with E-state index in [1.807, 2.05) is 0 Å². The summed E-state index contributed by atoms with van der Waals surface area (Å²) in [6.45, 7) is -3.11. The molecule has 2 N–H and O–H groups in total. The minimum atomic E-state index is -2.91. The maximum atomic E-state index is 12.0. The molecule has 18 heavy (non-hydrogen) atoms. The number of carbonyl (C=O) groups is 1. The van der Waals surface area contributed by atoms with Crippen LogP contribution in [0.5, 0.6) is 5.75 Å². The van der Waals surface area contributed by atoms with Crippen LogP contribution in [0.15, 0.2) is 24.3 Å². The van der Waals surface area contributed by atoms with Gasteiger partial charge in [0.1, 0.15) is 5.75 Å². The molecule has 0 radical (unpaired) electrons. The van der Waals surface area contributed by atoms with Crippen molar-refractivity contribution < 1.29 is 28.5 Å². The standard InChI is InChI=1S/C12H12F2O4/c13-11(14)18-9-3-1-7(2-4-9)12(10(16)17)5-8(12)6-15/h1-4,8,11,15H,5-6H2,(H,16,17). The first-order valence-electron chi connectivity index (χ1n) is 5.40. The first kappa shape index (κ1) is 12.8. The number of hydrogen-bond acceptors (Lipinski definition) is 3. The summed E-state index contributed by atoms with van der Waals surface area (Å²) in [6, 6.07) is 5.50. The number of ether oxygens (including phenoxy) is 1. The number of halogens is 2. The Labute approximate surface area is 102 Å². The van der Waals surface area contributed by atoms with Crippen LogP contribution >= 0.6 is 0 Å². The average molecular weight is 258 g/mol. The topological polar surface area (TPSA) is 66.8 Å². The Bertz CT molecular complexity index is 446. The molecule has 2 rings (SSSR count). The van der Waals surface area contributed by atoms with E-state index in [9.17, 15) is 18.7 Å². The van der Waals surface area contributed by atoms with E-state index in [0.29, 0.717) is 12.0 Å². The van der Waals surface area contributed by atoms with Crippen LogP contribution < -0.4 is 4.74 Å². The first-order valence-corrected chi connectivity index (χ1v) is 5.40. The van der Waals surface area contributed by atoms with Crippen LogP contribution in [0.2, 0.25) is 0 Å². The van der Waals surface area contributed by atoms with Crippen LogP contribution in [-0.4, -0.2) is 29.4 Å². The smallest absolute Gasteiger partial charge is 0.387 e. The van der Waals surface area contributed by atoms with Crippen molar-refractivity contribution in [1.29, 1.82) is 0 Å². The second-order valence-electron chi connectivity index (χ2n) is 4.26. The third-order valence-corrected chi connectivity index (χ3v) is 3.30. The predicted octanol–water partition coefficient (Wildman–Crippen LogP) is 1.62. The van der Waals surface area contributed by atoms with E-state index >= 15 is 0 Å². The van der Waals surface area contributed by atoms with E-state index in [-0.39, 0.29) is 18.3 Å². The van der Waals surface area contributed by atoms with Gasteiger partial charge in [0.05, 0.1) is 5.41 Å². The first-order chi connectivity index (χ1) is 8.50. The quantitative estimate of drug-likeness (QED) is 0.842. The lowest BCUT2D eigenvalue weighted by Crippen LogP contribution is -2.23.